The molecular weight excluding hydrogens is 357 g/mol. The maximum absolute atomic E-state index is 13.7. The van der Waals surface area contributed by atoms with Crippen molar-refractivity contribution in [2.24, 2.45) is 0 Å². The van der Waals surface area contributed by atoms with E-state index in [2.05, 4.69) is 0 Å². The number of alkyl halides is 3. The molecule has 0 fully saturated rings. The highest BCUT2D eigenvalue weighted by Gasteiger charge is 2.49. The number of carboxylic acid groups (broad SMARTS) is 1. The van der Waals surface area contributed by atoms with Gasteiger partial charge in [-0.25, -0.2) is 4.79 Å². The van der Waals surface area contributed by atoms with E-state index in [0.29, 0.717) is 33.4 Å². The van der Waals surface area contributed by atoms with Crippen molar-refractivity contribution in [2.45, 2.75) is 45.9 Å². The van der Waals surface area contributed by atoms with E-state index in [0.717, 1.165) is 0 Å². The second-order valence-corrected chi connectivity index (χ2v) is 6.84. The first-order valence-electron chi connectivity index (χ1n) is 8.54. The molecule has 0 radical (unpaired) electrons. The van der Waals surface area contributed by atoms with Crippen molar-refractivity contribution in [3.05, 3.63) is 69.8 Å². The molecule has 0 bridgehead atoms. The molecule has 0 aliphatic heterocycles. The Morgan fingerprint density at radius 1 is 0.889 bits per heavy atom. The van der Waals surface area contributed by atoms with Crippen LogP contribution < -0.4 is 0 Å². The first-order valence-corrected chi connectivity index (χ1v) is 8.54. The summed E-state index contributed by atoms with van der Waals surface area (Å²) in [6.07, 6.45) is -5.88. The molecule has 0 unspecified atom stereocenters. The standard InChI is InChI=1S/C21H23F3O3/c1-13-7-5-8-14(2)18(13)20(12-21(22,23)24,27-11-17(25)26)19-15(3)9-6-10-16(19)4/h5-10H,11-12H2,1-4H3,(H,25,26). The van der Waals surface area contributed by atoms with E-state index >= 15 is 0 Å². The van der Waals surface area contributed by atoms with Crippen LogP contribution in [0.3, 0.4) is 0 Å². The molecule has 2 aromatic carbocycles. The van der Waals surface area contributed by atoms with Gasteiger partial charge in [0.05, 0.1) is 6.42 Å². The highest BCUT2D eigenvalue weighted by Crippen LogP contribution is 2.47. The minimum absolute atomic E-state index is 0.362. The molecule has 0 aliphatic rings. The smallest absolute Gasteiger partial charge is 0.392 e. The van der Waals surface area contributed by atoms with Gasteiger partial charge in [0.1, 0.15) is 12.2 Å². The van der Waals surface area contributed by atoms with Gasteiger partial charge >= 0.3 is 12.1 Å². The summed E-state index contributed by atoms with van der Waals surface area (Å²) in [6, 6.07) is 10.4. The summed E-state index contributed by atoms with van der Waals surface area (Å²) in [5.41, 5.74) is 1.25. The number of ether oxygens (including phenoxy) is 1. The number of hydrogen-bond donors (Lipinski definition) is 1. The fraction of sp³-hybridized carbons (Fsp3) is 0.381. The summed E-state index contributed by atoms with van der Waals surface area (Å²) in [5, 5.41) is 9.14. The summed E-state index contributed by atoms with van der Waals surface area (Å²) >= 11 is 0. The first-order chi connectivity index (χ1) is 12.5. The summed E-state index contributed by atoms with van der Waals surface area (Å²) < 4.78 is 46.9. The number of aryl methyl sites for hydroxylation is 4. The average molecular weight is 380 g/mol. The third kappa shape index (κ3) is 4.50. The lowest BCUT2D eigenvalue weighted by atomic mass is 9.75. The van der Waals surface area contributed by atoms with Gasteiger partial charge in [-0.1, -0.05) is 36.4 Å². The van der Waals surface area contributed by atoms with Crippen LogP contribution in [0.1, 0.15) is 39.8 Å². The maximum atomic E-state index is 13.7. The predicted molar refractivity (Wildman–Crippen MR) is 96.9 cm³/mol. The van der Waals surface area contributed by atoms with Crippen LogP contribution in [0.4, 0.5) is 13.2 Å². The molecular formula is C21H23F3O3. The van der Waals surface area contributed by atoms with Crippen LogP contribution in [-0.2, 0) is 15.1 Å². The monoisotopic (exact) mass is 380 g/mol. The number of carbonyl (C=O) groups is 1. The number of halogens is 3. The van der Waals surface area contributed by atoms with Gasteiger partial charge in [-0.2, -0.15) is 13.2 Å². The molecule has 0 atom stereocenters. The summed E-state index contributed by atoms with van der Waals surface area (Å²) in [7, 11) is 0. The van der Waals surface area contributed by atoms with Crippen molar-refractivity contribution < 1.29 is 27.8 Å². The van der Waals surface area contributed by atoms with Gasteiger partial charge in [-0.15, -0.1) is 0 Å². The van der Waals surface area contributed by atoms with E-state index < -0.39 is 30.8 Å². The minimum atomic E-state index is -4.57. The van der Waals surface area contributed by atoms with Gasteiger partial charge in [-0.3, -0.25) is 0 Å². The lowest BCUT2D eigenvalue weighted by Crippen LogP contribution is -2.40. The SMILES string of the molecule is Cc1cccc(C)c1C(CC(F)(F)F)(OCC(=O)O)c1c(C)cccc1C. The summed E-state index contributed by atoms with van der Waals surface area (Å²) in [4.78, 5) is 11.2. The van der Waals surface area contributed by atoms with Gasteiger partial charge in [-0.05, 0) is 61.1 Å². The van der Waals surface area contributed by atoms with Crippen LogP contribution in [0.25, 0.3) is 0 Å². The maximum Gasteiger partial charge on any atom is 0.392 e. The highest BCUT2D eigenvalue weighted by atomic mass is 19.4. The van der Waals surface area contributed by atoms with Crippen molar-refractivity contribution in [3.8, 4) is 0 Å². The molecule has 146 valence electrons. The Balaban J connectivity index is 2.92. The molecule has 0 heterocycles. The van der Waals surface area contributed by atoms with E-state index in [-0.39, 0.29) is 0 Å². The van der Waals surface area contributed by atoms with Gasteiger partial charge in [0.25, 0.3) is 0 Å². The molecule has 1 N–H and O–H groups in total. The number of carboxylic acids is 1. The van der Waals surface area contributed by atoms with E-state index in [1.54, 1.807) is 64.1 Å². The van der Waals surface area contributed by atoms with Crippen LogP contribution in [0, 0.1) is 27.7 Å². The van der Waals surface area contributed by atoms with Gasteiger partial charge in [0.2, 0.25) is 0 Å². The Morgan fingerprint density at radius 2 is 1.26 bits per heavy atom. The second-order valence-electron chi connectivity index (χ2n) is 6.84. The van der Waals surface area contributed by atoms with E-state index in [1.165, 1.54) is 0 Å². The zero-order valence-electron chi connectivity index (χ0n) is 15.8. The van der Waals surface area contributed by atoms with Crippen molar-refractivity contribution in [1.29, 1.82) is 0 Å². The van der Waals surface area contributed by atoms with Crippen LogP contribution in [0.2, 0.25) is 0 Å². The van der Waals surface area contributed by atoms with Crippen LogP contribution in [0.15, 0.2) is 36.4 Å². The normalized spacial score (nSPS) is 12.3. The van der Waals surface area contributed by atoms with Crippen molar-refractivity contribution >= 4 is 5.97 Å². The molecule has 0 spiro atoms. The Bertz CT molecular complexity index is 749. The molecule has 3 nitrogen and oxygen atoms in total. The van der Waals surface area contributed by atoms with E-state index in [1.807, 2.05) is 0 Å². The zero-order chi connectivity index (χ0) is 20.4. The van der Waals surface area contributed by atoms with E-state index in [9.17, 15) is 18.0 Å². The minimum Gasteiger partial charge on any atom is -0.480 e. The predicted octanol–water partition coefficient (Wildman–Crippen LogP) is 5.22. The number of benzene rings is 2. The molecule has 2 aromatic rings. The molecule has 0 saturated heterocycles. The highest BCUT2D eigenvalue weighted by molar-refractivity contribution is 5.68. The average Bonchev–Trinajstić information content (AvgIpc) is 2.51. The van der Waals surface area contributed by atoms with Crippen molar-refractivity contribution in [1.82, 2.24) is 0 Å². The molecule has 2 rings (SSSR count). The Morgan fingerprint density at radius 3 is 1.56 bits per heavy atom. The third-order valence-corrected chi connectivity index (χ3v) is 4.66. The fourth-order valence-electron chi connectivity index (χ4n) is 3.87. The number of rotatable bonds is 6. The van der Waals surface area contributed by atoms with Crippen LogP contribution in [0.5, 0.6) is 0 Å². The number of hydrogen-bond acceptors (Lipinski definition) is 2. The quantitative estimate of drug-likeness (QED) is 0.748. The molecule has 0 aromatic heterocycles. The molecule has 27 heavy (non-hydrogen) atoms. The fourth-order valence-corrected chi connectivity index (χ4v) is 3.87. The van der Waals surface area contributed by atoms with Crippen molar-refractivity contribution in [3.63, 3.8) is 0 Å². The Hall–Kier alpha value is -2.34. The second kappa shape index (κ2) is 7.72. The van der Waals surface area contributed by atoms with Gasteiger partial charge in [0, 0.05) is 0 Å². The lowest BCUT2D eigenvalue weighted by molar-refractivity contribution is -0.188. The lowest BCUT2D eigenvalue weighted by Gasteiger charge is -2.39. The molecule has 0 aliphatic carbocycles. The first kappa shape index (κ1) is 21.0. The zero-order valence-corrected chi connectivity index (χ0v) is 15.8. The molecule has 0 saturated carbocycles. The van der Waals surface area contributed by atoms with Crippen molar-refractivity contribution in [2.75, 3.05) is 6.61 Å². The summed E-state index contributed by atoms with van der Waals surface area (Å²) in [6.45, 7) is 6.02. The van der Waals surface area contributed by atoms with Gasteiger partial charge < -0.3 is 9.84 Å². The largest absolute Gasteiger partial charge is 0.480 e. The summed E-state index contributed by atoms with van der Waals surface area (Å²) in [5.74, 6) is -1.32. The third-order valence-electron chi connectivity index (χ3n) is 4.66. The van der Waals surface area contributed by atoms with E-state index in [4.69, 9.17) is 9.84 Å². The van der Waals surface area contributed by atoms with Gasteiger partial charge in [0.15, 0.2) is 0 Å². The Kier molecular flexibility index (Phi) is 6.00. The topological polar surface area (TPSA) is 46.5 Å². The molecule has 0 amide bonds. The Labute approximate surface area is 156 Å². The number of aliphatic carboxylic acids is 1. The van der Waals surface area contributed by atoms with Crippen LogP contribution in [-0.4, -0.2) is 23.9 Å². The van der Waals surface area contributed by atoms with Crippen LogP contribution >= 0.6 is 0 Å². The molecule has 6 heteroatoms.